The minimum absolute atomic E-state index is 0.191. The van der Waals surface area contributed by atoms with Crippen LogP contribution in [0.4, 0.5) is 8.78 Å². The van der Waals surface area contributed by atoms with Crippen molar-refractivity contribution in [3.63, 3.8) is 0 Å². The van der Waals surface area contributed by atoms with Gasteiger partial charge in [0.05, 0.1) is 0 Å². The number of nitrogens with two attached hydrogens (primary N) is 1. The number of aryl methyl sites for hydroxylation is 1. The molecule has 16 heavy (non-hydrogen) atoms. The lowest BCUT2D eigenvalue weighted by molar-refractivity contribution is 0.392. The Morgan fingerprint density at radius 3 is 2.19 bits per heavy atom. The van der Waals surface area contributed by atoms with Gasteiger partial charge in [-0.3, -0.25) is 0 Å². The summed E-state index contributed by atoms with van der Waals surface area (Å²) in [6.45, 7) is 5.57. The fourth-order valence-corrected chi connectivity index (χ4v) is 1.97. The van der Waals surface area contributed by atoms with E-state index in [-0.39, 0.29) is 11.5 Å². The molecule has 2 N–H and O–H groups in total. The minimum Gasteiger partial charge on any atom is -0.324 e. The molecule has 0 fully saturated rings. The Bertz CT molecular complexity index is 359. The van der Waals surface area contributed by atoms with Crippen LogP contribution in [0.2, 0.25) is 0 Å². The Kier molecular flexibility index (Phi) is 4.42. The summed E-state index contributed by atoms with van der Waals surface area (Å²) in [5.41, 5.74) is 6.58. The van der Waals surface area contributed by atoms with Crippen molar-refractivity contribution in [3.8, 4) is 0 Å². The molecule has 1 rings (SSSR count). The summed E-state index contributed by atoms with van der Waals surface area (Å²) in [6, 6.07) is 2.02. The largest absolute Gasteiger partial charge is 0.324 e. The van der Waals surface area contributed by atoms with Gasteiger partial charge in [-0.2, -0.15) is 0 Å². The van der Waals surface area contributed by atoms with E-state index in [1.807, 2.05) is 13.8 Å². The van der Waals surface area contributed by atoms with E-state index in [1.165, 1.54) is 12.1 Å². The van der Waals surface area contributed by atoms with E-state index in [0.717, 1.165) is 12.8 Å². The van der Waals surface area contributed by atoms with Gasteiger partial charge in [-0.05, 0) is 30.5 Å². The third kappa shape index (κ3) is 2.59. The maximum Gasteiger partial charge on any atom is 0.128 e. The van der Waals surface area contributed by atoms with Crippen LogP contribution in [0.3, 0.4) is 0 Å². The zero-order chi connectivity index (χ0) is 12.3. The lowest BCUT2D eigenvalue weighted by atomic mass is 9.89. The first-order valence-corrected chi connectivity index (χ1v) is 5.72. The molecule has 0 bridgehead atoms. The fraction of sp³-hybridized carbons (Fsp3) is 0.538. The predicted molar refractivity (Wildman–Crippen MR) is 62.1 cm³/mol. The molecule has 0 heterocycles. The van der Waals surface area contributed by atoms with Crippen molar-refractivity contribution in [1.82, 2.24) is 0 Å². The fourth-order valence-electron chi connectivity index (χ4n) is 1.97. The molecule has 90 valence electrons. The molecule has 1 atom stereocenters. The molecule has 0 saturated heterocycles. The first-order valence-electron chi connectivity index (χ1n) is 5.72. The summed E-state index contributed by atoms with van der Waals surface area (Å²) in [6.07, 6.45) is 1.74. The predicted octanol–water partition coefficient (Wildman–Crippen LogP) is 3.71. The number of hydrogen-bond acceptors (Lipinski definition) is 1. The summed E-state index contributed by atoms with van der Waals surface area (Å²) in [5.74, 6) is -0.604. The van der Waals surface area contributed by atoms with Crippen LogP contribution in [-0.4, -0.2) is 0 Å². The van der Waals surface area contributed by atoms with E-state index in [9.17, 15) is 8.78 Å². The Labute approximate surface area is 95.7 Å². The molecule has 0 aromatic heterocycles. The second kappa shape index (κ2) is 5.39. The molecule has 3 heteroatoms. The van der Waals surface area contributed by atoms with Crippen molar-refractivity contribution in [1.29, 1.82) is 0 Å². The summed E-state index contributed by atoms with van der Waals surface area (Å²) in [7, 11) is 0. The second-order valence-corrected chi connectivity index (χ2v) is 4.23. The van der Waals surface area contributed by atoms with Crippen LogP contribution in [0, 0.1) is 24.5 Å². The van der Waals surface area contributed by atoms with Crippen LogP contribution in [0.5, 0.6) is 0 Å². The van der Waals surface area contributed by atoms with Crippen LogP contribution in [0.1, 0.15) is 43.9 Å². The third-order valence-electron chi connectivity index (χ3n) is 3.19. The number of benzene rings is 1. The summed E-state index contributed by atoms with van der Waals surface area (Å²) in [4.78, 5) is 0. The van der Waals surface area contributed by atoms with Crippen LogP contribution in [0.25, 0.3) is 0 Å². The van der Waals surface area contributed by atoms with Crippen molar-refractivity contribution in [2.24, 2.45) is 11.7 Å². The summed E-state index contributed by atoms with van der Waals surface area (Å²) < 4.78 is 27.0. The molecule has 0 aliphatic carbocycles. The van der Waals surface area contributed by atoms with Crippen molar-refractivity contribution >= 4 is 0 Å². The van der Waals surface area contributed by atoms with Gasteiger partial charge in [0, 0.05) is 11.6 Å². The molecule has 0 aliphatic heterocycles. The standard InChI is InChI=1S/C13H19F2N/c1-4-9(5-2)13(16)10-7-11(14)8(3)6-12(10)15/h6-7,9,13H,4-5,16H2,1-3H3. The van der Waals surface area contributed by atoms with E-state index in [1.54, 1.807) is 6.92 Å². The zero-order valence-electron chi connectivity index (χ0n) is 10.1. The highest BCUT2D eigenvalue weighted by Gasteiger charge is 2.20. The van der Waals surface area contributed by atoms with Gasteiger partial charge in [-0.25, -0.2) is 8.78 Å². The molecule has 0 radical (unpaired) electrons. The molecule has 0 saturated carbocycles. The molecular formula is C13H19F2N. The van der Waals surface area contributed by atoms with E-state index in [0.29, 0.717) is 5.56 Å². The molecule has 0 aliphatic rings. The Morgan fingerprint density at radius 2 is 1.69 bits per heavy atom. The molecule has 1 aromatic carbocycles. The van der Waals surface area contributed by atoms with E-state index in [4.69, 9.17) is 5.73 Å². The summed E-state index contributed by atoms with van der Waals surface area (Å²) >= 11 is 0. The highest BCUT2D eigenvalue weighted by Crippen LogP contribution is 2.28. The monoisotopic (exact) mass is 227 g/mol. The highest BCUT2D eigenvalue weighted by atomic mass is 19.1. The Hall–Kier alpha value is -0.960. The Morgan fingerprint density at radius 1 is 1.12 bits per heavy atom. The number of halogens is 2. The van der Waals surface area contributed by atoms with E-state index >= 15 is 0 Å². The first kappa shape index (κ1) is 13.1. The van der Waals surface area contributed by atoms with Gasteiger partial charge in [-0.1, -0.05) is 26.7 Å². The van der Waals surface area contributed by atoms with Gasteiger partial charge in [0.1, 0.15) is 11.6 Å². The molecule has 0 spiro atoms. The van der Waals surface area contributed by atoms with Crippen LogP contribution >= 0.6 is 0 Å². The van der Waals surface area contributed by atoms with Gasteiger partial charge in [0.2, 0.25) is 0 Å². The van der Waals surface area contributed by atoms with Crippen molar-refractivity contribution < 1.29 is 8.78 Å². The topological polar surface area (TPSA) is 26.0 Å². The average molecular weight is 227 g/mol. The molecule has 1 unspecified atom stereocenters. The maximum atomic E-state index is 13.7. The first-order chi connectivity index (χ1) is 7.51. The third-order valence-corrected chi connectivity index (χ3v) is 3.19. The quantitative estimate of drug-likeness (QED) is 0.833. The molecule has 0 amide bonds. The lowest BCUT2D eigenvalue weighted by Crippen LogP contribution is -2.22. The molecule has 1 aromatic rings. The molecular weight excluding hydrogens is 208 g/mol. The smallest absolute Gasteiger partial charge is 0.128 e. The van der Waals surface area contributed by atoms with Crippen molar-refractivity contribution in [2.45, 2.75) is 39.7 Å². The minimum atomic E-state index is -0.426. The normalized spacial score (nSPS) is 13.2. The van der Waals surface area contributed by atoms with E-state index in [2.05, 4.69) is 0 Å². The SMILES string of the molecule is CCC(CC)C(N)c1cc(F)c(C)cc1F. The van der Waals surface area contributed by atoms with Gasteiger partial charge >= 0.3 is 0 Å². The molecule has 1 nitrogen and oxygen atoms in total. The van der Waals surface area contributed by atoms with Crippen LogP contribution in [-0.2, 0) is 0 Å². The van der Waals surface area contributed by atoms with E-state index < -0.39 is 17.7 Å². The number of rotatable bonds is 4. The zero-order valence-corrected chi connectivity index (χ0v) is 10.1. The van der Waals surface area contributed by atoms with Gasteiger partial charge in [-0.15, -0.1) is 0 Å². The van der Waals surface area contributed by atoms with Gasteiger partial charge in [0.15, 0.2) is 0 Å². The van der Waals surface area contributed by atoms with Gasteiger partial charge in [0.25, 0.3) is 0 Å². The number of hydrogen-bond donors (Lipinski definition) is 1. The van der Waals surface area contributed by atoms with Gasteiger partial charge < -0.3 is 5.73 Å². The lowest BCUT2D eigenvalue weighted by Gasteiger charge is -2.22. The van der Waals surface area contributed by atoms with Crippen LogP contribution in [0.15, 0.2) is 12.1 Å². The Balaban J connectivity index is 3.07. The maximum absolute atomic E-state index is 13.7. The average Bonchev–Trinajstić information content (AvgIpc) is 2.25. The second-order valence-electron chi connectivity index (χ2n) is 4.23. The van der Waals surface area contributed by atoms with Crippen molar-refractivity contribution in [2.75, 3.05) is 0 Å². The highest BCUT2D eigenvalue weighted by molar-refractivity contribution is 5.27. The van der Waals surface area contributed by atoms with Crippen LogP contribution < -0.4 is 5.73 Å². The summed E-state index contributed by atoms with van der Waals surface area (Å²) in [5, 5.41) is 0. The van der Waals surface area contributed by atoms with Crippen molar-refractivity contribution in [3.05, 3.63) is 34.9 Å².